The first kappa shape index (κ1) is 14.1. The van der Waals surface area contributed by atoms with Crippen LogP contribution in [0.2, 0.25) is 0 Å². The van der Waals surface area contributed by atoms with E-state index in [-0.39, 0.29) is 16.3 Å². The number of nitro groups is 1. The molecule has 0 aliphatic carbocycles. The highest BCUT2D eigenvalue weighted by Crippen LogP contribution is 2.25. The molecule has 0 fully saturated rings. The van der Waals surface area contributed by atoms with Crippen molar-refractivity contribution in [3.63, 3.8) is 0 Å². The van der Waals surface area contributed by atoms with Crippen LogP contribution in [0, 0.1) is 10.1 Å². The van der Waals surface area contributed by atoms with Crippen LogP contribution in [0.1, 0.15) is 17.9 Å². The number of rotatable bonds is 3. The quantitative estimate of drug-likeness (QED) is 0.390. The molecule has 1 aromatic rings. The van der Waals surface area contributed by atoms with Crippen LogP contribution < -0.4 is 0 Å². The van der Waals surface area contributed by atoms with Gasteiger partial charge in [-0.1, -0.05) is 12.1 Å². The Labute approximate surface area is 107 Å². The molecule has 8 heteroatoms. The van der Waals surface area contributed by atoms with Crippen molar-refractivity contribution in [2.75, 3.05) is 0 Å². The summed E-state index contributed by atoms with van der Waals surface area (Å²) in [7, 11) is 0. The maximum Gasteiger partial charge on any atom is 0.275 e. The summed E-state index contributed by atoms with van der Waals surface area (Å²) in [5.41, 5.74) is -0.116. The number of non-ortho nitro benzene ring substituents is 1. The van der Waals surface area contributed by atoms with Crippen molar-refractivity contribution in [1.29, 1.82) is 0 Å². The fourth-order valence-corrected chi connectivity index (χ4v) is 1.43. The van der Waals surface area contributed by atoms with E-state index >= 15 is 0 Å². The van der Waals surface area contributed by atoms with Gasteiger partial charge in [-0.25, -0.2) is 0 Å². The van der Waals surface area contributed by atoms with Crippen molar-refractivity contribution in [2.45, 2.75) is 12.3 Å². The molecule has 0 saturated heterocycles. The second kappa shape index (κ2) is 5.56. The second-order valence-electron chi connectivity index (χ2n) is 3.38. The highest BCUT2D eigenvalue weighted by Gasteiger charge is 2.26. The number of hydrogen-bond donors (Lipinski definition) is 1. The lowest BCUT2D eigenvalue weighted by atomic mass is 10.1. The lowest BCUT2D eigenvalue weighted by Gasteiger charge is -2.14. The van der Waals surface area contributed by atoms with Gasteiger partial charge in [0.15, 0.2) is 0 Å². The molecule has 1 N–H and O–H groups in total. The first-order valence-corrected chi connectivity index (χ1v) is 5.20. The van der Waals surface area contributed by atoms with Crippen molar-refractivity contribution in [3.8, 4) is 0 Å². The average molecular weight is 273 g/mol. The minimum absolute atomic E-state index is 0.121. The minimum atomic E-state index is -1.38. The van der Waals surface area contributed by atoms with Gasteiger partial charge < -0.3 is 0 Å². The molecule has 96 valence electrons. The number of hydrogen-bond acceptors (Lipinski definition) is 5. The molecule has 1 rings (SSSR count). The third-order valence-corrected chi connectivity index (χ3v) is 2.54. The minimum Gasteiger partial charge on any atom is -0.278 e. The van der Waals surface area contributed by atoms with E-state index in [9.17, 15) is 19.7 Å². The van der Waals surface area contributed by atoms with Crippen molar-refractivity contribution in [3.05, 3.63) is 39.9 Å². The van der Waals surface area contributed by atoms with Crippen LogP contribution >= 0.6 is 11.6 Å². The Morgan fingerprint density at radius 3 is 2.61 bits per heavy atom. The molecule has 18 heavy (non-hydrogen) atoms. The van der Waals surface area contributed by atoms with Crippen molar-refractivity contribution in [2.24, 2.45) is 0 Å². The molecule has 0 saturated carbocycles. The standard InChI is InChI=1S/C10H9ClN2O5/c1-6(14)12(16)10(15)9(11)7-3-2-4-8(5-7)13(17)18/h2-5,9,16H,1H3. The molecule has 0 heterocycles. The van der Waals surface area contributed by atoms with E-state index in [1.165, 1.54) is 18.2 Å². The van der Waals surface area contributed by atoms with Crippen LogP contribution in [-0.2, 0) is 9.59 Å². The highest BCUT2D eigenvalue weighted by atomic mass is 35.5. The SMILES string of the molecule is CC(=O)N(O)C(=O)C(Cl)c1cccc([N+](=O)[O-])c1. The summed E-state index contributed by atoms with van der Waals surface area (Å²) in [4.78, 5) is 32.2. The van der Waals surface area contributed by atoms with Crippen LogP contribution in [0.15, 0.2) is 24.3 Å². The third kappa shape index (κ3) is 3.02. The Bertz CT molecular complexity index is 505. The first-order chi connectivity index (χ1) is 8.34. The van der Waals surface area contributed by atoms with Gasteiger partial charge >= 0.3 is 0 Å². The number of nitrogens with zero attached hydrogens (tertiary/aromatic N) is 2. The van der Waals surface area contributed by atoms with Gasteiger partial charge in [-0.05, 0) is 5.56 Å². The number of halogens is 1. The highest BCUT2D eigenvalue weighted by molar-refractivity contribution is 6.31. The first-order valence-electron chi connectivity index (χ1n) is 4.76. The fourth-order valence-electron chi connectivity index (χ4n) is 1.20. The van der Waals surface area contributed by atoms with E-state index in [2.05, 4.69) is 0 Å². The van der Waals surface area contributed by atoms with Crippen molar-refractivity contribution in [1.82, 2.24) is 5.06 Å². The van der Waals surface area contributed by atoms with Gasteiger partial charge in [0.1, 0.15) is 5.38 Å². The van der Waals surface area contributed by atoms with E-state index in [0.717, 1.165) is 13.0 Å². The zero-order valence-corrected chi connectivity index (χ0v) is 10.00. The Morgan fingerprint density at radius 1 is 1.50 bits per heavy atom. The number of amides is 2. The van der Waals surface area contributed by atoms with Gasteiger partial charge in [0.2, 0.25) is 5.91 Å². The summed E-state index contributed by atoms with van der Waals surface area (Å²) >= 11 is 5.75. The number of imide groups is 1. The lowest BCUT2D eigenvalue weighted by molar-refractivity contribution is -0.384. The maximum atomic E-state index is 11.5. The van der Waals surface area contributed by atoms with E-state index in [4.69, 9.17) is 16.8 Å². The summed E-state index contributed by atoms with van der Waals surface area (Å²) in [6.45, 7) is 0.981. The van der Waals surface area contributed by atoms with Gasteiger partial charge in [-0.3, -0.25) is 24.9 Å². The number of carbonyl (C=O) groups excluding carboxylic acids is 2. The lowest BCUT2D eigenvalue weighted by Crippen LogP contribution is -2.34. The number of alkyl halides is 1. The van der Waals surface area contributed by atoms with E-state index in [0.29, 0.717) is 0 Å². The second-order valence-corrected chi connectivity index (χ2v) is 3.82. The summed E-state index contributed by atoms with van der Waals surface area (Å²) in [5.74, 6) is -1.96. The summed E-state index contributed by atoms with van der Waals surface area (Å²) < 4.78 is 0. The average Bonchev–Trinajstić information content (AvgIpc) is 2.36. The van der Waals surface area contributed by atoms with Crippen LogP contribution in [0.3, 0.4) is 0 Å². The molecule has 1 aromatic carbocycles. The molecule has 0 aromatic heterocycles. The van der Waals surface area contributed by atoms with Crippen LogP contribution in [0.4, 0.5) is 5.69 Å². The summed E-state index contributed by atoms with van der Waals surface area (Å²) in [6.07, 6.45) is 0. The summed E-state index contributed by atoms with van der Waals surface area (Å²) in [6, 6.07) is 5.07. The smallest absolute Gasteiger partial charge is 0.275 e. The predicted molar refractivity (Wildman–Crippen MR) is 61.0 cm³/mol. The van der Waals surface area contributed by atoms with Gasteiger partial charge in [0, 0.05) is 19.1 Å². The topological polar surface area (TPSA) is 101 Å². The van der Waals surface area contributed by atoms with Gasteiger partial charge in [-0.2, -0.15) is 5.06 Å². The monoisotopic (exact) mass is 272 g/mol. The fraction of sp³-hybridized carbons (Fsp3) is 0.200. The molecule has 0 radical (unpaired) electrons. The van der Waals surface area contributed by atoms with Crippen LogP contribution in [0.25, 0.3) is 0 Å². The molecular weight excluding hydrogens is 264 g/mol. The molecule has 1 unspecified atom stereocenters. The number of carbonyl (C=O) groups is 2. The van der Waals surface area contributed by atoms with E-state index in [1.54, 1.807) is 0 Å². The largest absolute Gasteiger partial charge is 0.278 e. The number of nitro benzene ring substituents is 1. The molecule has 0 aliphatic rings. The molecule has 0 bridgehead atoms. The van der Waals surface area contributed by atoms with Gasteiger partial charge in [0.25, 0.3) is 11.6 Å². The normalized spacial score (nSPS) is 11.7. The number of hydroxylamine groups is 2. The van der Waals surface area contributed by atoms with Gasteiger partial charge in [-0.15, -0.1) is 11.6 Å². The Kier molecular flexibility index (Phi) is 4.35. The van der Waals surface area contributed by atoms with Crippen molar-refractivity contribution >= 4 is 29.1 Å². The zero-order valence-electron chi connectivity index (χ0n) is 9.24. The predicted octanol–water partition coefficient (Wildman–Crippen LogP) is 1.64. The molecule has 2 amide bonds. The van der Waals surface area contributed by atoms with Crippen LogP contribution in [0.5, 0.6) is 0 Å². The maximum absolute atomic E-state index is 11.5. The van der Waals surface area contributed by atoms with Gasteiger partial charge in [0.05, 0.1) is 4.92 Å². The zero-order chi connectivity index (χ0) is 13.9. The van der Waals surface area contributed by atoms with E-state index < -0.39 is 22.1 Å². The van der Waals surface area contributed by atoms with Crippen LogP contribution in [-0.4, -0.2) is 27.0 Å². The third-order valence-electron chi connectivity index (χ3n) is 2.10. The Hall–Kier alpha value is -1.99. The molecule has 0 aliphatic heterocycles. The van der Waals surface area contributed by atoms with E-state index in [1.807, 2.05) is 0 Å². The number of benzene rings is 1. The van der Waals surface area contributed by atoms with Crippen molar-refractivity contribution < 1.29 is 19.7 Å². The molecule has 7 nitrogen and oxygen atoms in total. The molecule has 0 spiro atoms. The molecular formula is C10H9ClN2O5. The Morgan fingerprint density at radius 2 is 2.11 bits per heavy atom. The molecule has 1 atom stereocenters. The summed E-state index contributed by atoms with van der Waals surface area (Å²) in [5, 5.41) is 18.2. The Balaban J connectivity index is 3.00.